The highest BCUT2D eigenvalue weighted by Gasteiger charge is 2.19. The minimum absolute atomic E-state index is 0.0243. The molecule has 1 aromatic carbocycles. The van der Waals surface area contributed by atoms with E-state index < -0.39 is 11.5 Å². The van der Waals surface area contributed by atoms with Crippen LogP contribution in [0.1, 0.15) is 10.5 Å². The Bertz CT molecular complexity index is 1550. The lowest BCUT2D eigenvalue weighted by Crippen LogP contribution is -2.35. The quantitative estimate of drug-likeness (QED) is 0.480. The zero-order valence-corrected chi connectivity index (χ0v) is 16.3. The van der Waals surface area contributed by atoms with Crippen LogP contribution in [0.3, 0.4) is 0 Å². The first-order chi connectivity index (χ1) is 14.5. The molecule has 0 bridgehead atoms. The van der Waals surface area contributed by atoms with E-state index in [1.54, 1.807) is 41.8 Å². The van der Waals surface area contributed by atoms with Gasteiger partial charge in [0.1, 0.15) is 16.9 Å². The monoisotopic (exact) mass is 419 g/mol. The Morgan fingerprint density at radius 3 is 2.67 bits per heavy atom. The molecule has 1 amide bonds. The first-order valence-corrected chi connectivity index (χ1v) is 9.72. The van der Waals surface area contributed by atoms with Crippen molar-refractivity contribution >= 4 is 38.2 Å². The maximum absolute atomic E-state index is 13.1. The normalized spacial score (nSPS) is 11.2. The molecule has 4 heterocycles. The van der Waals surface area contributed by atoms with Gasteiger partial charge in [0.2, 0.25) is 0 Å². The van der Waals surface area contributed by atoms with E-state index in [4.69, 9.17) is 4.42 Å². The van der Waals surface area contributed by atoms with Crippen LogP contribution in [0.5, 0.6) is 0 Å². The molecule has 0 saturated carbocycles. The predicted molar refractivity (Wildman–Crippen MR) is 112 cm³/mol. The molecule has 0 fully saturated rings. The average Bonchev–Trinajstić information content (AvgIpc) is 3.42. The molecule has 10 heteroatoms. The van der Waals surface area contributed by atoms with E-state index in [1.807, 2.05) is 0 Å². The Hall–Kier alpha value is -4.05. The van der Waals surface area contributed by atoms with Crippen LogP contribution in [0.15, 0.2) is 68.4 Å². The summed E-state index contributed by atoms with van der Waals surface area (Å²) in [5, 5.41) is 6.96. The molecule has 0 aliphatic rings. The number of nitrogens with one attached hydrogen (secondary N) is 1. The van der Waals surface area contributed by atoms with Crippen LogP contribution in [0, 0.1) is 0 Å². The number of aryl methyl sites for hydroxylation is 1. The van der Waals surface area contributed by atoms with Gasteiger partial charge in [0, 0.05) is 23.4 Å². The molecular weight excluding hydrogens is 406 g/mol. The van der Waals surface area contributed by atoms with Gasteiger partial charge in [-0.3, -0.25) is 19.8 Å². The summed E-state index contributed by atoms with van der Waals surface area (Å²) in [6.07, 6.45) is 2.76. The number of hydrogen-bond donors (Lipinski definition) is 1. The highest BCUT2D eigenvalue weighted by atomic mass is 32.1. The van der Waals surface area contributed by atoms with Crippen molar-refractivity contribution in [2.75, 3.05) is 5.43 Å². The van der Waals surface area contributed by atoms with Crippen LogP contribution in [0.25, 0.3) is 32.3 Å². The molecule has 0 radical (unpaired) electrons. The molecule has 0 aliphatic heterocycles. The second-order valence-electron chi connectivity index (χ2n) is 6.49. The molecule has 148 valence electrons. The largest absolute Gasteiger partial charge is 0.464 e. The maximum Gasteiger partial charge on any atom is 0.291 e. The van der Waals surface area contributed by atoms with Crippen molar-refractivity contribution < 1.29 is 9.21 Å². The van der Waals surface area contributed by atoms with Gasteiger partial charge < -0.3 is 4.42 Å². The van der Waals surface area contributed by atoms with Crippen molar-refractivity contribution in [3.05, 3.63) is 80.8 Å². The van der Waals surface area contributed by atoms with Crippen LogP contribution in [-0.2, 0) is 7.05 Å². The third-order valence-corrected chi connectivity index (χ3v) is 5.56. The third kappa shape index (κ3) is 2.73. The molecule has 9 nitrogen and oxygen atoms in total. The average molecular weight is 419 g/mol. The van der Waals surface area contributed by atoms with Gasteiger partial charge in [-0.15, -0.1) is 11.3 Å². The van der Waals surface area contributed by atoms with Gasteiger partial charge in [0.05, 0.1) is 17.0 Å². The number of carbonyl (C=O) groups is 1. The van der Waals surface area contributed by atoms with Crippen molar-refractivity contribution in [2.45, 2.75) is 0 Å². The zero-order valence-electron chi connectivity index (χ0n) is 15.5. The van der Waals surface area contributed by atoms with Gasteiger partial charge in [-0.2, -0.15) is 5.10 Å². The van der Waals surface area contributed by atoms with Crippen molar-refractivity contribution in [1.82, 2.24) is 19.4 Å². The maximum atomic E-state index is 13.1. The molecule has 0 atom stereocenters. The SMILES string of the molecule is Cn1nc(C(=O)Nn2cnc3scc(-c4ccco4)c3c2=O)c2ccccc2c1=O. The Morgan fingerprint density at radius 2 is 1.90 bits per heavy atom. The fourth-order valence-corrected chi connectivity index (χ4v) is 4.14. The first-order valence-electron chi connectivity index (χ1n) is 8.85. The second-order valence-corrected chi connectivity index (χ2v) is 7.35. The van der Waals surface area contributed by atoms with E-state index in [1.165, 1.54) is 31.0 Å². The minimum atomic E-state index is -0.639. The van der Waals surface area contributed by atoms with E-state index in [-0.39, 0.29) is 11.3 Å². The first kappa shape index (κ1) is 18.0. The van der Waals surface area contributed by atoms with Crippen LogP contribution in [-0.4, -0.2) is 25.3 Å². The number of amides is 1. The smallest absolute Gasteiger partial charge is 0.291 e. The summed E-state index contributed by atoms with van der Waals surface area (Å²) in [5.41, 5.74) is 2.38. The van der Waals surface area contributed by atoms with Crippen molar-refractivity contribution in [3.63, 3.8) is 0 Å². The molecule has 0 spiro atoms. The molecule has 0 unspecified atom stereocenters. The number of aromatic nitrogens is 4. The standard InChI is InChI=1S/C20H13N5O4S/c1-24-19(27)12-6-3-2-5-11(12)16(22-24)17(26)23-25-10-21-18-15(20(25)28)13(9-30-18)14-7-4-8-29-14/h2-10H,1H3,(H,23,26). The number of rotatable bonds is 3. The fourth-order valence-electron chi connectivity index (χ4n) is 3.26. The van der Waals surface area contributed by atoms with Gasteiger partial charge in [0.15, 0.2) is 5.69 Å². The van der Waals surface area contributed by atoms with Crippen LogP contribution < -0.4 is 16.5 Å². The van der Waals surface area contributed by atoms with Gasteiger partial charge in [-0.1, -0.05) is 18.2 Å². The summed E-state index contributed by atoms with van der Waals surface area (Å²) in [7, 11) is 1.46. The molecule has 1 N–H and O–H groups in total. The molecule has 5 aromatic rings. The summed E-state index contributed by atoms with van der Waals surface area (Å²) in [5.74, 6) is -0.102. The lowest BCUT2D eigenvalue weighted by Gasteiger charge is -2.10. The Morgan fingerprint density at radius 1 is 1.10 bits per heavy atom. The number of thiophene rings is 1. The zero-order chi connectivity index (χ0) is 20.8. The summed E-state index contributed by atoms with van der Waals surface area (Å²) in [6.45, 7) is 0. The van der Waals surface area contributed by atoms with Crippen molar-refractivity contribution in [1.29, 1.82) is 0 Å². The van der Waals surface area contributed by atoms with Crippen LogP contribution >= 0.6 is 11.3 Å². The number of hydrogen-bond acceptors (Lipinski definition) is 7. The summed E-state index contributed by atoms with van der Waals surface area (Å²) >= 11 is 1.31. The highest BCUT2D eigenvalue weighted by molar-refractivity contribution is 7.17. The molecule has 0 aliphatic carbocycles. The topological polar surface area (TPSA) is 112 Å². The summed E-state index contributed by atoms with van der Waals surface area (Å²) in [6, 6.07) is 10.2. The lowest BCUT2D eigenvalue weighted by molar-refractivity contribution is 0.100. The van der Waals surface area contributed by atoms with E-state index >= 15 is 0 Å². The van der Waals surface area contributed by atoms with Crippen LogP contribution in [0.2, 0.25) is 0 Å². The van der Waals surface area contributed by atoms with Crippen LogP contribution in [0.4, 0.5) is 0 Å². The Labute approximate surface area is 171 Å². The number of nitrogens with zero attached hydrogens (tertiary/aromatic N) is 4. The van der Waals surface area contributed by atoms with Gasteiger partial charge in [0.25, 0.3) is 17.0 Å². The number of carbonyl (C=O) groups excluding carboxylic acids is 1. The highest BCUT2D eigenvalue weighted by Crippen LogP contribution is 2.30. The van der Waals surface area contributed by atoms with Gasteiger partial charge in [-0.05, 0) is 18.2 Å². The van der Waals surface area contributed by atoms with E-state index in [0.29, 0.717) is 32.3 Å². The molecule has 5 rings (SSSR count). The second kappa shape index (κ2) is 6.78. The Balaban J connectivity index is 1.61. The Kier molecular flexibility index (Phi) is 4.07. The number of furan rings is 1. The van der Waals surface area contributed by atoms with E-state index in [9.17, 15) is 14.4 Å². The van der Waals surface area contributed by atoms with E-state index in [0.717, 1.165) is 9.36 Å². The molecular formula is C20H13N5O4S. The summed E-state index contributed by atoms with van der Waals surface area (Å²) < 4.78 is 7.50. The molecule has 30 heavy (non-hydrogen) atoms. The van der Waals surface area contributed by atoms with Gasteiger partial charge in [-0.25, -0.2) is 14.3 Å². The van der Waals surface area contributed by atoms with Crippen molar-refractivity contribution in [3.8, 4) is 11.3 Å². The van der Waals surface area contributed by atoms with Gasteiger partial charge >= 0.3 is 0 Å². The summed E-state index contributed by atoms with van der Waals surface area (Å²) in [4.78, 5) is 43.1. The predicted octanol–water partition coefficient (Wildman–Crippen LogP) is 2.35. The molecule has 4 aromatic heterocycles. The number of fused-ring (bicyclic) bond motifs is 2. The van der Waals surface area contributed by atoms with E-state index in [2.05, 4.69) is 15.5 Å². The number of benzene rings is 1. The third-order valence-electron chi connectivity index (χ3n) is 4.67. The molecule has 0 saturated heterocycles. The fraction of sp³-hybridized carbons (Fsp3) is 0.0500. The lowest BCUT2D eigenvalue weighted by atomic mass is 10.1. The van der Waals surface area contributed by atoms with Crippen molar-refractivity contribution in [2.24, 2.45) is 7.05 Å². The minimum Gasteiger partial charge on any atom is -0.464 e.